The Balaban J connectivity index is 2.53. The van der Waals surface area contributed by atoms with E-state index in [2.05, 4.69) is 5.10 Å². The van der Waals surface area contributed by atoms with Gasteiger partial charge in [-0.25, -0.2) is 9.48 Å². The minimum atomic E-state index is -0.922. The molecular weight excluding hydrogens is 204 g/mol. The highest BCUT2D eigenvalue weighted by atomic mass is 16.4. The van der Waals surface area contributed by atoms with Gasteiger partial charge in [0.2, 0.25) is 0 Å². The smallest absolute Gasteiger partial charge is 0.335 e. The van der Waals surface area contributed by atoms with E-state index in [0.717, 1.165) is 16.8 Å². The summed E-state index contributed by atoms with van der Waals surface area (Å²) in [6, 6.07) is 5.16. The van der Waals surface area contributed by atoms with Crippen molar-refractivity contribution in [2.24, 2.45) is 0 Å². The van der Waals surface area contributed by atoms with Gasteiger partial charge in [0.15, 0.2) is 0 Å². The quantitative estimate of drug-likeness (QED) is 0.837. The van der Waals surface area contributed by atoms with E-state index in [1.165, 1.54) is 0 Å². The van der Waals surface area contributed by atoms with Crippen LogP contribution in [0, 0.1) is 13.8 Å². The lowest BCUT2D eigenvalue weighted by Crippen LogP contribution is -2.01. The van der Waals surface area contributed by atoms with Crippen molar-refractivity contribution in [2.45, 2.75) is 13.8 Å². The summed E-state index contributed by atoms with van der Waals surface area (Å²) in [6.07, 6.45) is 3.60. The lowest BCUT2D eigenvalue weighted by molar-refractivity contribution is 0.0696. The molecule has 0 amide bonds. The molecule has 16 heavy (non-hydrogen) atoms. The lowest BCUT2D eigenvalue weighted by Gasteiger charge is -2.04. The molecule has 2 aromatic rings. The van der Waals surface area contributed by atoms with Gasteiger partial charge in [-0.15, -0.1) is 0 Å². The number of hydrogen-bond acceptors (Lipinski definition) is 2. The zero-order valence-corrected chi connectivity index (χ0v) is 9.14. The first-order valence-corrected chi connectivity index (χ1v) is 4.93. The molecule has 0 saturated carbocycles. The van der Waals surface area contributed by atoms with Gasteiger partial charge in [0.25, 0.3) is 0 Å². The molecule has 4 heteroatoms. The molecule has 0 bridgehead atoms. The molecule has 1 heterocycles. The van der Waals surface area contributed by atoms with E-state index in [0.29, 0.717) is 0 Å². The van der Waals surface area contributed by atoms with Crippen molar-refractivity contribution < 1.29 is 9.90 Å². The summed E-state index contributed by atoms with van der Waals surface area (Å²) >= 11 is 0. The predicted octanol–water partition coefficient (Wildman–Crippen LogP) is 2.19. The van der Waals surface area contributed by atoms with E-state index in [1.807, 2.05) is 26.1 Å². The molecule has 0 fully saturated rings. The van der Waals surface area contributed by atoms with E-state index < -0.39 is 5.97 Å². The van der Waals surface area contributed by atoms with E-state index >= 15 is 0 Å². The van der Waals surface area contributed by atoms with Gasteiger partial charge in [-0.1, -0.05) is 0 Å². The van der Waals surface area contributed by atoms with Crippen LogP contribution in [0.2, 0.25) is 0 Å². The molecule has 4 nitrogen and oxygen atoms in total. The Morgan fingerprint density at radius 1 is 1.25 bits per heavy atom. The molecule has 0 atom stereocenters. The Bertz CT molecular complexity index is 544. The minimum absolute atomic E-state index is 0.281. The normalized spacial score (nSPS) is 10.4. The van der Waals surface area contributed by atoms with Gasteiger partial charge < -0.3 is 5.11 Å². The van der Waals surface area contributed by atoms with Gasteiger partial charge >= 0.3 is 5.97 Å². The van der Waals surface area contributed by atoms with Crippen molar-refractivity contribution >= 4 is 5.97 Å². The number of carboxylic acid groups (broad SMARTS) is 1. The first-order chi connectivity index (χ1) is 7.56. The maximum absolute atomic E-state index is 10.9. The van der Waals surface area contributed by atoms with E-state index in [-0.39, 0.29) is 5.56 Å². The van der Waals surface area contributed by atoms with Gasteiger partial charge in [-0.05, 0) is 43.2 Å². The number of hydrogen-bond donors (Lipinski definition) is 1. The van der Waals surface area contributed by atoms with Gasteiger partial charge in [0, 0.05) is 6.20 Å². The number of nitrogens with zero attached hydrogens (tertiary/aromatic N) is 2. The van der Waals surface area contributed by atoms with Crippen LogP contribution in [-0.4, -0.2) is 20.9 Å². The summed E-state index contributed by atoms with van der Waals surface area (Å²) < 4.78 is 1.68. The average molecular weight is 216 g/mol. The fraction of sp³-hybridized carbons (Fsp3) is 0.167. The number of aromatic carboxylic acids is 1. The standard InChI is InChI=1S/C12H12N2O2/c1-8-3-10(12(15)16)5-11(4-8)14-7-9(2)6-13-14/h3-7H,1-2H3,(H,15,16). The third-order valence-corrected chi connectivity index (χ3v) is 2.29. The third-order valence-electron chi connectivity index (χ3n) is 2.29. The SMILES string of the molecule is Cc1cc(C(=O)O)cc(-n2cc(C)cn2)c1. The Labute approximate surface area is 93.1 Å². The highest BCUT2D eigenvalue weighted by Gasteiger charge is 2.07. The number of rotatable bonds is 2. The van der Waals surface area contributed by atoms with E-state index in [1.54, 1.807) is 23.0 Å². The molecule has 0 saturated heterocycles. The molecule has 2 rings (SSSR count). The van der Waals surface area contributed by atoms with Crippen LogP contribution in [0.1, 0.15) is 21.5 Å². The maximum Gasteiger partial charge on any atom is 0.335 e. The van der Waals surface area contributed by atoms with E-state index in [9.17, 15) is 4.79 Å². The largest absolute Gasteiger partial charge is 0.478 e. The summed E-state index contributed by atoms with van der Waals surface area (Å²) in [5.74, 6) is -0.922. The number of aromatic nitrogens is 2. The van der Waals surface area contributed by atoms with Crippen LogP contribution in [0.25, 0.3) is 5.69 Å². The van der Waals surface area contributed by atoms with Gasteiger partial charge in [0.05, 0.1) is 17.4 Å². The Kier molecular flexibility index (Phi) is 2.48. The van der Waals surface area contributed by atoms with Crippen LogP contribution < -0.4 is 0 Å². The molecule has 0 radical (unpaired) electrons. The van der Waals surface area contributed by atoms with Crippen LogP contribution in [-0.2, 0) is 0 Å². The minimum Gasteiger partial charge on any atom is -0.478 e. The fourth-order valence-electron chi connectivity index (χ4n) is 1.57. The molecule has 0 aliphatic carbocycles. The highest BCUT2D eigenvalue weighted by Crippen LogP contribution is 2.14. The Morgan fingerprint density at radius 3 is 2.56 bits per heavy atom. The monoisotopic (exact) mass is 216 g/mol. The number of aryl methyl sites for hydroxylation is 2. The van der Waals surface area contributed by atoms with Gasteiger partial charge in [-0.2, -0.15) is 5.10 Å². The molecular formula is C12H12N2O2. The van der Waals surface area contributed by atoms with Crippen LogP contribution in [0.3, 0.4) is 0 Å². The molecule has 0 aliphatic rings. The molecule has 0 aliphatic heterocycles. The van der Waals surface area contributed by atoms with Gasteiger partial charge in [0.1, 0.15) is 0 Å². The van der Waals surface area contributed by atoms with Crippen LogP contribution >= 0.6 is 0 Å². The summed E-state index contributed by atoms with van der Waals surface area (Å²) in [4.78, 5) is 10.9. The van der Waals surface area contributed by atoms with Crippen molar-refractivity contribution in [2.75, 3.05) is 0 Å². The van der Waals surface area contributed by atoms with Gasteiger partial charge in [-0.3, -0.25) is 0 Å². The average Bonchev–Trinajstić information content (AvgIpc) is 2.64. The van der Waals surface area contributed by atoms with Crippen LogP contribution in [0.5, 0.6) is 0 Å². The number of carbonyl (C=O) groups is 1. The molecule has 82 valence electrons. The number of benzene rings is 1. The summed E-state index contributed by atoms with van der Waals surface area (Å²) in [7, 11) is 0. The summed E-state index contributed by atoms with van der Waals surface area (Å²) in [5.41, 5.74) is 3.00. The van der Waals surface area contributed by atoms with Crippen LogP contribution in [0.15, 0.2) is 30.6 Å². The Morgan fingerprint density at radius 2 is 2.00 bits per heavy atom. The van der Waals surface area contributed by atoms with Crippen molar-refractivity contribution in [3.63, 3.8) is 0 Å². The fourth-order valence-corrected chi connectivity index (χ4v) is 1.57. The maximum atomic E-state index is 10.9. The lowest BCUT2D eigenvalue weighted by atomic mass is 10.1. The first kappa shape index (κ1) is 10.4. The zero-order chi connectivity index (χ0) is 11.7. The summed E-state index contributed by atoms with van der Waals surface area (Å²) in [6.45, 7) is 3.81. The number of carboxylic acids is 1. The second-order valence-corrected chi connectivity index (χ2v) is 3.82. The van der Waals surface area contributed by atoms with E-state index in [4.69, 9.17) is 5.11 Å². The predicted molar refractivity (Wildman–Crippen MR) is 60.0 cm³/mol. The van der Waals surface area contributed by atoms with Crippen molar-refractivity contribution in [3.8, 4) is 5.69 Å². The van der Waals surface area contributed by atoms with Crippen LogP contribution in [0.4, 0.5) is 0 Å². The molecule has 1 aromatic carbocycles. The molecule has 1 aromatic heterocycles. The van der Waals surface area contributed by atoms with Crippen molar-refractivity contribution in [3.05, 3.63) is 47.3 Å². The Hall–Kier alpha value is -2.10. The zero-order valence-electron chi connectivity index (χ0n) is 9.14. The molecule has 0 spiro atoms. The van der Waals surface area contributed by atoms with Crippen molar-refractivity contribution in [1.82, 2.24) is 9.78 Å². The second kappa shape index (κ2) is 3.81. The topological polar surface area (TPSA) is 55.1 Å². The molecule has 0 unspecified atom stereocenters. The second-order valence-electron chi connectivity index (χ2n) is 3.82. The van der Waals surface area contributed by atoms with Crippen molar-refractivity contribution in [1.29, 1.82) is 0 Å². The summed E-state index contributed by atoms with van der Waals surface area (Å²) in [5, 5.41) is 13.1. The third kappa shape index (κ3) is 1.95. The molecule has 1 N–H and O–H groups in total. The first-order valence-electron chi connectivity index (χ1n) is 4.93. The highest BCUT2D eigenvalue weighted by molar-refractivity contribution is 5.88.